The maximum atomic E-state index is 2.53. The van der Waals surface area contributed by atoms with Crippen molar-refractivity contribution in [3.63, 3.8) is 0 Å². The molecule has 0 aliphatic heterocycles. The molecule has 0 saturated heterocycles. The summed E-state index contributed by atoms with van der Waals surface area (Å²) in [6, 6.07) is 80.0. The molecule has 0 aliphatic carbocycles. The molecule has 276 valence electrons. The number of nitrogens with zero attached hydrogens (tertiary/aromatic N) is 2. The second-order valence-corrected chi connectivity index (χ2v) is 16.3. The van der Waals surface area contributed by atoms with Crippen molar-refractivity contribution in [2.45, 2.75) is 0 Å². The summed E-state index contributed by atoms with van der Waals surface area (Å²) in [5.74, 6) is 0. The summed E-state index contributed by atoms with van der Waals surface area (Å²) in [5, 5.41) is 10.0. The van der Waals surface area contributed by atoms with Gasteiger partial charge in [0.2, 0.25) is 0 Å². The summed E-state index contributed by atoms with van der Waals surface area (Å²) >= 11 is 1.89. The Morgan fingerprint density at radius 1 is 0.373 bits per heavy atom. The summed E-state index contributed by atoms with van der Waals surface area (Å²) in [5.41, 5.74) is 11.7. The average molecular weight is 769 g/mol. The Morgan fingerprint density at radius 3 is 1.88 bits per heavy atom. The van der Waals surface area contributed by atoms with E-state index in [1.807, 2.05) is 11.3 Å². The van der Waals surface area contributed by atoms with Gasteiger partial charge in [-0.3, -0.25) is 0 Å². The highest BCUT2D eigenvalue weighted by atomic mass is 32.1. The van der Waals surface area contributed by atoms with Gasteiger partial charge in [-0.05, 0) is 98.4 Å². The van der Waals surface area contributed by atoms with Crippen molar-refractivity contribution in [2.75, 3.05) is 4.90 Å². The quantitative estimate of drug-likeness (QED) is 0.164. The summed E-state index contributed by atoms with van der Waals surface area (Å²) in [7, 11) is 0. The third-order valence-electron chi connectivity index (χ3n) is 11.9. The average Bonchev–Trinajstić information content (AvgIpc) is 3.87. The van der Waals surface area contributed by atoms with Crippen molar-refractivity contribution in [3.8, 4) is 27.9 Å². The van der Waals surface area contributed by atoms with Gasteiger partial charge in [0.25, 0.3) is 0 Å². The number of fused-ring (bicyclic) bond motifs is 9. The van der Waals surface area contributed by atoms with Crippen LogP contribution in [0.4, 0.5) is 17.1 Å². The summed E-state index contributed by atoms with van der Waals surface area (Å²) in [6.07, 6.45) is 0. The fourth-order valence-electron chi connectivity index (χ4n) is 9.34. The summed E-state index contributed by atoms with van der Waals surface area (Å²) < 4.78 is 5.04. The Balaban J connectivity index is 1.16. The number of anilines is 3. The molecule has 0 amide bonds. The first-order valence-corrected chi connectivity index (χ1v) is 21.0. The monoisotopic (exact) mass is 768 g/mol. The molecule has 10 aromatic carbocycles. The molecule has 2 nitrogen and oxygen atoms in total. The van der Waals surface area contributed by atoms with Crippen molar-refractivity contribution in [1.82, 2.24) is 4.57 Å². The predicted octanol–water partition coefficient (Wildman–Crippen LogP) is 16.3. The van der Waals surface area contributed by atoms with Crippen LogP contribution in [0.3, 0.4) is 0 Å². The second-order valence-electron chi connectivity index (χ2n) is 15.3. The standard InChI is InChI=1S/C56H36N2S/c1-2-15-37(16-3-1)40-20-10-22-42(35-40)57-49-28-9-8-26-47(49)54-50(57)29-13-30-51(54)58(43-23-11-21-41(36-43)45-27-12-19-38-17-4-6-24-44(38)45)52-31-14-32-53-55(52)48-34-33-39-18-5-7-25-46(39)56(48)59-53/h1-36H. The highest BCUT2D eigenvalue weighted by Gasteiger charge is 2.24. The van der Waals surface area contributed by atoms with Crippen LogP contribution in [-0.2, 0) is 0 Å². The first-order valence-electron chi connectivity index (χ1n) is 20.2. The zero-order valence-electron chi connectivity index (χ0n) is 32.1. The van der Waals surface area contributed by atoms with Gasteiger partial charge in [0.1, 0.15) is 0 Å². The molecule has 0 saturated carbocycles. The van der Waals surface area contributed by atoms with E-state index >= 15 is 0 Å². The van der Waals surface area contributed by atoms with E-state index in [9.17, 15) is 0 Å². The van der Waals surface area contributed by atoms with Crippen LogP contribution in [0.1, 0.15) is 0 Å². The van der Waals surface area contributed by atoms with E-state index in [0.717, 1.165) is 28.3 Å². The van der Waals surface area contributed by atoms with E-state index in [2.05, 4.69) is 228 Å². The van der Waals surface area contributed by atoms with Crippen LogP contribution in [0.25, 0.3) is 91.5 Å². The van der Waals surface area contributed by atoms with Crippen LogP contribution in [0.15, 0.2) is 218 Å². The van der Waals surface area contributed by atoms with Gasteiger partial charge >= 0.3 is 0 Å². The smallest absolute Gasteiger partial charge is 0.0562 e. The molecule has 0 bridgehead atoms. The summed E-state index contributed by atoms with van der Waals surface area (Å²) in [6.45, 7) is 0. The van der Waals surface area contributed by atoms with Gasteiger partial charge in [-0.2, -0.15) is 0 Å². The molecule has 2 aromatic heterocycles. The number of benzene rings is 10. The first-order chi connectivity index (χ1) is 29.3. The topological polar surface area (TPSA) is 8.17 Å². The molecule has 59 heavy (non-hydrogen) atoms. The minimum atomic E-state index is 1.11. The van der Waals surface area contributed by atoms with Gasteiger partial charge in [0.05, 0.1) is 22.4 Å². The molecule has 12 aromatic rings. The number of hydrogen-bond acceptors (Lipinski definition) is 2. The third-order valence-corrected chi connectivity index (χ3v) is 13.1. The van der Waals surface area contributed by atoms with Crippen molar-refractivity contribution < 1.29 is 0 Å². The zero-order chi connectivity index (χ0) is 38.9. The van der Waals surface area contributed by atoms with E-state index in [-0.39, 0.29) is 0 Å². The molecule has 0 atom stereocenters. The van der Waals surface area contributed by atoms with Gasteiger partial charge in [0, 0.05) is 42.3 Å². The van der Waals surface area contributed by atoms with Crippen LogP contribution in [-0.4, -0.2) is 4.57 Å². The lowest BCUT2D eigenvalue weighted by atomic mass is 9.97. The van der Waals surface area contributed by atoms with Gasteiger partial charge in [-0.1, -0.05) is 164 Å². The van der Waals surface area contributed by atoms with Crippen LogP contribution in [0.5, 0.6) is 0 Å². The van der Waals surface area contributed by atoms with E-state index in [1.54, 1.807) is 0 Å². The number of hydrogen-bond donors (Lipinski definition) is 0. The molecule has 12 rings (SSSR count). The van der Waals surface area contributed by atoms with Gasteiger partial charge in [-0.25, -0.2) is 0 Å². The van der Waals surface area contributed by atoms with Gasteiger partial charge < -0.3 is 9.47 Å². The minimum Gasteiger partial charge on any atom is -0.309 e. The van der Waals surface area contributed by atoms with E-state index in [1.165, 1.54) is 80.3 Å². The molecule has 0 aliphatic rings. The van der Waals surface area contributed by atoms with Crippen LogP contribution in [0, 0.1) is 0 Å². The molecule has 0 radical (unpaired) electrons. The van der Waals surface area contributed by atoms with Crippen LogP contribution >= 0.6 is 11.3 Å². The van der Waals surface area contributed by atoms with Crippen molar-refractivity contribution in [1.29, 1.82) is 0 Å². The highest BCUT2D eigenvalue weighted by Crippen LogP contribution is 2.50. The molecule has 0 fully saturated rings. The molecule has 3 heteroatoms. The number of para-hydroxylation sites is 1. The molecular weight excluding hydrogens is 733 g/mol. The maximum Gasteiger partial charge on any atom is 0.0562 e. The maximum absolute atomic E-state index is 2.53. The van der Waals surface area contributed by atoms with Crippen molar-refractivity contribution >= 4 is 91.9 Å². The molecular formula is C56H36N2S. The highest BCUT2D eigenvalue weighted by molar-refractivity contribution is 7.26. The van der Waals surface area contributed by atoms with Gasteiger partial charge in [0.15, 0.2) is 0 Å². The first kappa shape index (κ1) is 33.7. The number of thiophene rings is 1. The zero-order valence-corrected chi connectivity index (χ0v) is 32.9. The Bertz CT molecular complexity index is 3570. The largest absolute Gasteiger partial charge is 0.309 e. The normalized spacial score (nSPS) is 11.7. The molecule has 0 N–H and O–H groups in total. The number of rotatable bonds is 6. The Morgan fingerprint density at radius 2 is 1.00 bits per heavy atom. The fraction of sp³-hybridized carbons (Fsp3) is 0. The van der Waals surface area contributed by atoms with Gasteiger partial charge in [-0.15, -0.1) is 11.3 Å². The Labute approximate surface area is 346 Å². The lowest BCUT2D eigenvalue weighted by Gasteiger charge is -2.28. The minimum absolute atomic E-state index is 1.11. The number of aromatic nitrogens is 1. The molecule has 2 heterocycles. The van der Waals surface area contributed by atoms with Crippen molar-refractivity contribution in [2.24, 2.45) is 0 Å². The SMILES string of the molecule is c1ccc(-c2cccc(-n3c4ccccc4c4c(N(c5cccc(-c6cccc7ccccc67)c5)c5cccc6sc7c8ccccc8ccc7c56)cccc43)c2)cc1. The molecule has 0 spiro atoms. The third kappa shape index (κ3) is 5.40. The molecule has 0 unspecified atom stereocenters. The second kappa shape index (κ2) is 13.6. The Kier molecular flexibility index (Phi) is 7.75. The van der Waals surface area contributed by atoms with Crippen LogP contribution < -0.4 is 4.90 Å². The van der Waals surface area contributed by atoms with E-state index in [0.29, 0.717) is 0 Å². The predicted molar refractivity (Wildman–Crippen MR) is 254 cm³/mol. The fourth-order valence-corrected chi connectivity index (χ4v) is 10.6. The van der Waals surface area contributed by atoms with Crippen molar-refractivity contribution in [3.05, 3.63) is 218 Å². The lowest BCUT2D eigenvalue weighted by molar-refractivity contribution is 1.18. The summed E-state index contributed by atoms with van der Waals surface area (Å²) in [4.78, 5) is 2.53. The lowest BCUT2D eigenvalue weighted by Crippen LogP contribution is -2.11. The van der Waals surface area contributed by atoms with E-state index in [4.69, 9.17) is 0 Å². The van der Waals surface area contributed by atoms with E-state index < -0.39 is 0 Å². The van der Waals surface area contributed by atoms with Crippen LogP contribution in [0.2, 0.25) is 0 Å². The Hall–Kier alpha value is -7.46.